The van der Waals surface area contributed by atoms with Crippen molar-refractivity contribution < 1.29 is 14.9 Å². The third-order valence-corrected chi connectivity index (χ3v) is 4.56. The van der Waals surface area contributed by atoms with Gasteiger partial charge in [0.25, 0.3) is 5.56 Å². The van der Waals surface area contributed by atoms with Crippen LogP contribution >= 0.6 is 11.6 Å². The molecule has 0 radical (unpaired) electrons. The van der Waals surface area contributed by atoms with Gasteiger partial charge in [-0.25, -0.2) is 4.79 Å². The van der Waals surface area contributed by atoms with Gasteiger partial charge in [-0.2, -0.15) is 0 Å². The fraction of sp³-hybridized carbons (Fsp3) is 0.733. The molecule has 23 heavy (non-hydrogen) atoms. The molecule has 130 valence electrons. The van der Waals surface area contributed by atoms with E-state index >= 15 is 0 Å². The Morgan fingerprint density at radius 3 is 2.70 bits per heavy atom. The molecule has 1 saturated heterocycles. The Balaban J connectivity index is 2.22. The first-order valence-electron chi connectivity index (χ1n) is 7.92. The number of rotatable bonds is 7. The highest BCUT2D eigenvalue weighted by Gasteiger charge is 2.43. The van der Waals surface area contributed by atoms with E-state index in [2.05, 4.69) is 11.9 Å². The van der Waals surface area contributed by atoms with E-state index in [1.165, 1.54) is 10.8 Å². The first kappa shape index (κ1) is 18.2. The molecule has 1 aromatic heterocycles. The minimum Gasteiger partial charge on any atom is -0.394 e. The van der Waals surface area contributed by atoms with E-state index in [4.69, 9.17) is 21.4 Å². The average molecular weight is 347 g/mol. The molecule has 1 aromatic rings. The smallest absolute Gasteiger partial charge is 0.330 e. The molecule has 2 heterocycles. The van der Waals surface area contributed by atoms with Gasteiger partial charge in [-0.1, -0.05) is 26.2 Å². The quantitative estimate of drug-likeness (QED) is 0.493. The summed E-state index contributed by atoms with van der Waals surface area (Å²) in [5, 5.41) is 18.2. The Hall–Kier alpha value is -1.15. The van der Waals surface area contributed by atoms with Crippen molar-refractivity contribution in [2.75, 3.05) is 6.61 Å². The maximum atomic E-state index is 12.0. The van der Waals surface area contributed by atoms with Crippen LogP contribution in [0.2, 0.25) is 0 Å². The highest BCUT2D eigenvalue weighted by atomic mass is 35.5. The number of nitrogens with zero attached hydrogens (tertiary/aromatic N) is 1. The lowest BCUT2D eigenvalue weighted by Crippen LogP contribution is -2.37. The fourth-order valence-corrected chi connectivity index (χ4v) is 3.06. The maximum Gasteiger partial charge on any atom is 0.330 e. The summed E-state index contributed by atoms with van der Waals surface area (Å²) >= 11 is 6.11. The van der Waals surface area contributed by atoms with Gasteiger partial charge >= 0.3 is 5.69 Å². The zero-order chi connectivity index (χ0) is 17.0. The Morgan fingerprint density at radius 2 is 2.09 bits per heavy atom. The number of nitrogens with one attached hydrogen (secondary N) is 1. The first-order chi connectivity index (χ1) is 11.0. The highest BCUT2D eigenvalue weighted by molar-refractivity contribution is 6.21. The summed E-state index contributed by atoms with van der Waals surface area (Å²) in [5.41, 5.74) is -0.574. The highest BCUT2D eigenvalue weighted by Crippen LogP contribution is 2.32. The molecule has 1 fully saturated rings. The number of ether oxygens (including phenoxy) is 1. The molecule has 1 aliphatic heterocycles. The number of aliphatic hydroxyl groups excluding tert-OH is 2. The third-order valence-electron chi connectivity index (χ3n) is 4.09. The summed E-state index contributed by atoms with van der Waals surface area (Å²) in [5.74, 6) is 0. The largest absolute Gasteiger partial charge is 0.394 e. The average Bonchev–Trinajstić information content (AvgIpc) is 2.81. The van der Waals surface area contributed by atoms with E-state index in [0.717, 1.165) is 25.7 Å². The van der Waals surface area contributed by atoms with Crippen LogP contribution in [0.5, 0.6) is 0 Å². The standard InChI is InChI=1S/C15H23ClN2O5/c1-2-3-4-5-6-9-7-18(15(22)17-13(9)21)14-11(16)12(20)10(8-19)23-14/h7,10-12,14,19-20H,2-6,8H2,1H3,(H,17,21,22)/t10-,11-,12-,14-/m1/s1. The number of aliphatic hydroxyl groups is 2. The summed E-state index contributed by atoms with van der Waals surface area (Å²) in [6.45, 7) is 1.71. The van der Waals surface area contributed by atoms with Crippen LogP contribution in [0.3, 0.4) is 0 Å². The van der Waals surface area contributed by atoms with Crippen molar-refractivity contribution in [2.24, 2.45) is 0 Å². The van der Waals surface area contributed by atoms with Gasteiger partial charge in [0, 0.05) is 11.8 Å². The van der Waals surface area contributed by atoms with Crippen molar-refractivity contribution in [3.05, 3.63) is 32.6 Å². The van der Waals surface area contributed by atoms with Crippen LogP contribution in [0.4, 0.5) is 0 Å². The minimum atomic E-state index is -1.08. The lowest BCUT2D eigenvalue weighted by Gasteiger charge is -2.17. The number of H-pyrrole nitrogens is 1. The Kier molecular flexibility index (Phi) is 6.41. The zero-order valence-corrected chi connectivity index (χ0v) is 13.8. The molecule has 0 aromatic carbocycles. The van der Waals surface area contributed by atoms with E-state index < -0.39 is 41.7 Å². The van der Waals surface area contributed by atoms with Crippen molar-refractivity contribution >= 4 is 11.6 Å². The predicted octanol–water partition coefficient (Wildman–Crippen LogP) is 0.517. The second-order valence-electron chi connectivity index (χ2n) is 5.81. The summed E-state index contributed by atoms with van der Waals surface area (Å²) < 4.78 is 6.64. The maximum absolute atomic E-state index is 12.0. The molecule has 0 bridgehead atoms. The first-order valence-corrected chi connectivity index (χ1v) is 8.36. The lowest BCUT2D eigenvalue weighted by molar-refractivity contribution is -0.0458. The second-order valence-corrected chi connectivity index (χ2v) is 6.32. The van der Waals surface area contributed by atoms with E-state index in [0.29, 0.717) is 12.0 Å². The van der Waals surface area contributed by atoms with Crippen molar-refractivity contribution in [1.82, 2.24) is 9.55 Å². The Morgan fingerprint density at radius 1 is 1.35 bits per heavy atom. The summed E-state index contributed by atoms with van der Waals surface area (Å²) in [7, 11) is 0. The SMILES string of the molecule is CCCCCCc1cn([C@@H]2O[C@H](CO)[C@@H](O)[C@H]2Cl)c(=O)[nH]c1=O. The molecule has 3 N–H and O–H groups in total. The Bertz CT molecular complexity index is 629. The summed E-state index contributed by atoms with van der Waals surface area (Å²) in [6.07, 6.45) is 3.19. The normalized spacial score (nSPS) is 27.5. The molecule has 0 unspecified atom stereocenters. The van der Waals surface area contributed by atoms with Gasteiger partial charge in [-0.05, 0) is 12.8 Å². The Labute approximate surface area is 138 Å². The number of aryl methyl sites for hydroxylation is 1. The number of hydrogen-bond acceptors (Lipinski definition) is 5. The molecular weight excluding hydrogens is 324 g/mol. The van der Waals surface area contributed by atoms with Gasteiger partial charge in [0.2, 0.25) is 0 Å². The van der Waals surface area contributed by atoms with Gasteiger partial charge in [-0.15, -0.1) is 11.6 Å². The molecule has 0 spiro atoms. The number of hydrogen-bond donors (Lipinski definition) is 3. The lowest BCUT2D eigenvalue weighted by atomic mass is 10.1. The number of halogens is 1. The van der Waals surface area contributed by atoms with Crippen LogP contribution in [-0.4, -0.2) is 44.0 Å². The monoisotopic (exact) mass is 346 g/mol. The molecular formula is C15H23ClN2O5. The van der Waals surface area contributed by atoms with E-state index in [9.17, 15) is 14.7 Å². The summed E-state index contributed by atoms with van der Waals surface area (Å²) in [4.78, 5) is 26.2. The molecule has 1 aliphatic rings. The number of alkyl halides is 1. The molecule has 0 amide bonds. The molecule has 0 saturated carbocycles. The molecule has 4 atom stereocenters. The number of aromatic nitrogens is 2. The minimum absolute atomic E-state index is 0.400. The molecule has 7 nitrogen and oxygen atoms in total. The summed E-state index contributed by atoms with van der Waals surface area (Å²) in [6, 6.07) is 0. The van der Waals surface area contributed by atoms with Crippen LogP contribution < -0.4 is 11.2 Å². The zero-order valence-electron chi connectivity index (χ0n) is 13.1. The van der Waals surface area contributed by atoms with Gasteiger partial charge in [-0.3, -0.25) is 14.3 Å². The second kappa shape index (κ2) is 8.10. The van der Waals surface area contributed by atoms with E-state index in [1.807, 2.05) is 0 Å². The van der Waals surface area contributed by atoms with E-state index in [1.54, 1.807) is 0 Å². The number of aromatic amines is 1. The molecule has 8 heteroatoms. The van der Waals surface area contributed by atoms with Gasteiger partial charge in [0.05, 0.1) is 6.61 Å². The third kappa shape index (κ3) is 4.03. The van der Waals surface area contributed by atoms with Gasteiger partial charge in [0.15, 0.2) is 6.23 Å². The van der Waals surface area contributed by atoms with Crippen molar-refractivity contribution in [3.63, 3.8) is 0 Å². The van der Waals surface area contributed by atoms with Crippen LogP contribution in [0, 0.1) is 0 Å². The fourth-order valence-electron chi connectivity index (χ4n) is 2.71. The van der Waals surface area contributed by atoms with Crippen LogP contribution in [0.25, 0.3) is 0 Å². The van der Waals surface area contributed by atoms with Crippen molar-refractivity contribution in [1.29, 1.82) is 0 Å². The topological polar surface area (TPSA) is 105 Å². The molecule has 2 rings (SSSR count). The van der Waals surface area contributed by atoms with Crippen LogP contribution in [0.1, 0.15) is 44.4 Å². The van der Waals surface area contributed by atoms with Crippen LogP contribution in [-0.2, 0) is 11.2 Å². The predicted molar refractivity (Wildman–Crippen MR) is 85.8 cm³/mol. The number of unbranched alkanes of at least 4 members (excludes halogenated alkanes) is 3. The van der Waals surface area contributed by atoms with E-state index in [-0.39, 0.29) is 0 Å². The van der Waals surface area contributed by atoms with Gasteiger partial charge in [0.1, 0.15) is 17.6 Å². The molecule has 0 aliphatic carbocycles. The van der Waals surface area contributed by atoms with Gasteiger partial charge < -0.3 is 14.9 Å². The van der Waals surface area contributed by atoms with Crippen LogP contribution in [0.15, 0.2) is 15.8 Å². The van der Waals surface area contributed by atoms with Crippen molar-refractivity contribution in [3.8, 4) is 0 Å². The van der Waals surface area contributed by atoms with Crippen molar-refractivity contribution in [2.45, 2.75) is 62.8 Å².